The summed E-state index contributed by atoms with van der Waals surface area (Å²) >= 11 is 1.58. The number of ether oxygens (including phenoxy) is 1. The second-order valence-corrected chi connectivity index (χ2v) is 3.81. The van der Waals surface area contributed by atoms with Crippen molar-refractivity contribution in [2.75, 3.05) is 13.7 Å². The van der Waals surface area contributed by atoms with Crippen molar-refractivity contribution in [2.24, 2.45) is 0 Å². The van der Waals surface area contributed by atoms with E-state index in [4.69, 9.17) is 4.74 Å². The van der Waals surface area contributed by atoms with E-state index in [9.17, 15) is 4.79 Å². The normalized spacial score (nSPS) is 20.8. The highest BCUT2D eigenvalue weighted by atomic mass is 32.1. The van der Waals surface area contributed by atoms with Gasteiger partial charge >= 0.3 is 5.97 Å². The number of carbonyl (C=O) groups is 1. The van der Waals surface area contributed by atoms with Gasteiger partial charge in [-0.1, -0.05) is 0 Å². The Bertz CT molecular complexity index is 324. The quantitative estimate of drug-likeness (QED) is 0.668. The molecule has 0 amide bonds. The van der Waals surface area contributed by atoms with Crippen molar-refractivity contribution >= 4 is 17.3 Å². The molecule has 1 unspecified atom stereocenters. The van der Waals surface area contributed by atoms with Crippen LogP contribution in [-0.2, 0) is 16.1 Å². The number of rotatable bonds is 1. The van der Waals surface area contributed by atoms with Gasteiger partial charge in [-0.25, -0.2) is 4.98 Å². The van der Waals surface area contributed by atoms with Crippen LogP contribution in [0.4, 0.5) is 0 Å². The highest BCUT2D eigenvalue weighted by Crippen LogP contribution is 2.26. The molecule has 5 heteroatoms. The van der Waals surface area contributed by atoms with Gasteiger partial charge in [0.25, 0.3) is 0 Å². The van der Waals surface area contributed by atoms with E-state index >= 15 is 0 Å². The molecule has 0 aromatic carbocycles. The van der Waals surface area contributed by atoms with Gasteiger partial charge in [0.1, 0.15) is 5.92 Å². The summed E-state index contributed by atoms with van der Waals surface area (Å²) in [7, 11) is 1.41. The third kappa shape index (κ3) is 1.45. The summed E-state index contributed by atoms with van der Waals surface area (Å²) in [5, 5.41) is 3.16. The van der Waals surface area contributed by atoms with E-state index in [1.165, 1.54) is 7.11 Å². The van der Waals surface area contributed by atoms with Gasteiger partial charge in [0, 0.05) is 18.0 Å². The summed E-state index contributed by atoms with van der Waals surface area (Å²) in [6, 6.07) is 0. The lowest BCUT2D eigenvalue weighted by Gasteiger charge is -2.19. The van der Waals surface area contributed by atoms with Crippen LogP contribution in [-0.4, -0.2) is 24.6 Å². The number of nitrogens with one attached hydrogen (secondary N) is 1. The van der Waals surface area contributed by atoms with Gasteiger partial charge in [0.05, 0.1) is 18.3 Å². The van der Waals surface area contributed by atoms with E-state index in [1.54, 1.807) is 16.8 Å². The van der Waals surface area contributed by atoms with Gasteiger partial charge in [0.15, 0.2) is 0 Å². The molecule has 2 rings (SSSR count). The molecule has 1 aliphatic heterocycles. The van der Waals surface area contributed by atoms with E-state index in [1.807, 2.05) is 0 Å². The van der Waals surface area contributed by atoms with Crippen molar-refractivity contribution in [3.63, 3.8) is 0 Å². The first-order valence-electron chi connectivity index (χ1n) is 4.03. The zero-order chi connectivity index (χ0) is 9.26. The molecule has 1 aliphatic rings. The Morgan fingerprint density at radius 2 is 2.69 bits per heavy atom. The van der Waals surface area contributed by atoms with Crippen molar-refractivity contribution in [2.45, 2.75) is 12.5 Å². The molecule has 1 N–H and O–H groups in total. The summed E-state index contributed by atoms with van der Waals surface area (Å²) in [6.45, 7) is 1.44. The topological polar surface area (TPSA) is 51.2 Å². The molecular formula is C8H10N2O2S. The smallest absolute Gasteiger partial charge is 0.316 e. The number of hydrogen-bond acceptors (Lipinski definition) is 5. The first kappa shape index (κ1) is 8.65. The van der Waals surface area contributed by atoms with Crippen LogP contribution in [0.1, 0.15) is 16.5 Å². The van der Waals surface area contributed by atoms with Gasteiger partial charge in [-0.15, -0.1) is 11.3 Å². The molecule has 0 fully saturated rings. The summed E-state index contributed by atoms with van der Waals surface area (Å²) < 4.78 is 4.70. The van der Waals surface area contributed by atoms with Crippen LogP contribution in [0, 0.1) is 0 Å². The maximum absolute atomic E-state index is 11.3. The standard InChI is InChI=1S/C8H10N2O2S/c1-12-8(11)5-2-9-3-6-7(5)10-4-13-6/h4-5,9H,2-3H2,1H3. The summed E-state index contributed by atoms with van der Waals surface area (Å²) in [5.74, 6) is -0.431. The van der Waals surface area contributed by atoms with Crippen LogP contribution in [0.15, 0.2) is 5.51 Å². The fraction of sp³-hybridized carbons (Fsp3) is 0.500. The van der Waals surface area contributed by atoms with Gasteiger partial charge in [-0.2, -0.15) is 0 Å². The number of thiazole rings is 1. The van der Waals surface area contributed by atoms with Crippen LogP contribution in [0.3, 0.4) is 0 Å². The molecule has 1 aromatic rings. The van der Waals surface area contributed by atoms with Gasteiger partial charge in [-0.05, 0) is 0 Å². The maximum Gasteiger partial charge on any atom is 0.316 e. The second kappa shape index (κ2) is 3.43. The molecular weight excluding hydrogens is 188 g/mol. The maximum atomic E-state index is 11.3. The Balaban J connectivity index is 2.30. The zero-order valence-corrected chi connectivity index (χ0v) is 8.06. The molecule has 0 aliphatic carbocycles. The number of hydrogen-bond donors (Lipinski definition) is 1. The van der Waals surface area contributed by atoms with Crippen molar-refractivity contribution in [1.29, 1.82) is 0 Å². The Morgan fingerprint density at radius 1 is 1.85 bits per heavy atom. The van der Waals surface area contributed by atoms with Crippen LogP contribution in [0.5, 0.6) is 0 Å². The Labute approximate surface area is 79.9 Å². The predicted molar refractivity (Wildman–Crippen MR) is 48.6 cm³/mol. The van der Waals surface area contributed by atoms with Crippen molar-refractivity contribution in [3.8, 4) is 0 Å². The summed E-state index contributed by atoms with van der Waals surface area (Å²) in [4.78, 5) is 16.7. The SMILES string of the molecule is COC(=O)C1CNCc2scnc21. The number of methoxy groups -OCH3 is 1. The monoisotopic (exact) mass is 198 g/mol. The molecule has 0 radical (unpaired) electrons. The average Bonchev–Trinajstić information content (AvgIpc) is 2.63. The lowest BCUT2D eigenvalue weighted by molar-refractivity contribution is -0.142. The number of aromatic nitrogens is 1. The number of carbonyl (C=O) groups excluding carboxylic acids is 1. The van der Waals surface area contributed by atoms with E-state index in [2.05, 4.69) is 10.3 Å². The molecule has 70 valence electrons. The summed E-state index contributed by atoms with van der Waals surface area (Å²) in [6.07, 6.45) is 0. The predicted octanol–water partition coefficient (Wildman–Crippen LogP) is 0.503. The minimum absolute atomic E-state index is 0.209. The molecule has 0 saturated carbocycles. The average molecular weight is 198 g/mol. The van der Waals surface area contributed by atoms with Crippen LogP contribution in [0.2, 0.25) is 0 Å². The van der Waals surface area contributed by atoms with Crippen LogP contribution < -0.4 is 5.32 Å². The Morgan fingerprint density at radius 3 is 3.46 bits per heavy atom. The third-order valence-electron chi connectivity index (χ3n) is 2.12. The first-order valence-corrected chi connectivity index (χ1v) is 4.91. The van der Waals surface area contributed by atoms with Crippen LogP contribution >= 0.6 is 11.3 Å². The number of esters is 1. The fourth-order valence-corrected chi connectivity index (χ4v) is 2.25. The molecule has 1 aromatic heterocycles. The number of nitrogens with zero attached hydrogens (tertiary/aromatic N) is 1. The molecule has 4 nitrogen and oxygen atoms in total. The fourth-order valence-electron chi connectivity index (χ4n) is 1.46. The van der Waals surface area contributed by atoms with Crippen molar-refractivity contribution in [1.82, 2.24) is 10.3 Å². The van der Waals surface area contributed by atoms with Gasteiger partial charge in [-0.3, -0.25) is 4.79 Å². The number of fused-ring (bicyclic) bond motifs is 1. The second-order valence-electron chi connectivity index (χ2n) is 2.87. The van der Waals surface area contributed by atoms with Gasteiger partial charge < -0.3 is 10.1 Å². The minimum Gasteiger partial charge on any atom is -0.468 e. The lowest BCUT2D eigenvalue weighted by Crippen LogP contribution is -2.32. The Hall–Kier alpha value is -0.940. The Kier molecular flexibility index (Phi) is 2.28. The van der Waals surface area contributed by atoms with Gasteiger partial charge in [0.2, 0.25) is 0 Å². The molecule has 13 heavy (non-hydrogen) atoms. The highest BCUT2D eigenvalue weighted by Gasteiger charge is 2.29. The van der Waals surface area contributed by atoms with Crippen molar-refractivity contribution < 1.29 is 9.53 Å². The van der Waals surface area contributed by atoms with E-state index in [0.717, 1.165) is 17.1 Å². The lowest BCUT2D eigenvalue weighted by atomic mass is 10.0. The zero-order valence-electron chi connectivity index (χ0n) is 7.24. The largest absolute Gasteiger partial charge is 0.468 e. The molecule has 0 saturated heterocycles. The molecule has 0 spiro atoms. The minimum atomic E-state index is -0.222. The first-order chi connectivity index (χ1) is 6.33. The van der Waals surface area contributed by atoms with E-state index in [0.29, 0.717) is 6.54 Å². The third-order valence-corrected chi connectivity index (χ3v) is 2.97. The van der Waals surface area contributed by atoms with E-state index < -0.39 is 0 Å². The van der Waals surface area contributed by atoms with Crippen molar-refractivity contribution in [3.05, 3.63) is 16.1 Å². The molecule has 1 atom stereocenters. The molecule has 2 heterocycles. The summed E-state index contributed by atoms with van der Waals surface area (Å²) in [5.41, 5.74) is 2.66. The molecule has 0 bridgehead atoms. The highest BCUT2D eigenvalue weighted by molar-refractivity contribution is 7.09. The van der Waals surface area contributed by atoms with Crippen LogP contribution in [0.25, 0.3) is 0 Å². The van der Waals surface area contributed by atoms with E-state index in [-0.39, 0.29) is 11.9 Å².